The molecule has 0 bridgehead atoms. The second kappa shape index (κ2) is 16.0. The second-order valence-corrected chi connectivity index (χ2v) is 10.5. The van der Waals surface area contributed by atoms with Crippen LogP contribution in [0.1, 0.15) is 51.7 Å². The van der Waals surface area contributed by atoms with Gasteiger partial charge in [0.1, 0.15) is 31.5 Å². The molecule has 0 spiro atoms. The van der Waals surface area contributed by atoms with Gasteiger partial charge in [-0.3, -0.25) is 4.79 Å². The second-order valence-electron chi connectivity index (χ2n) is 10.5. The SMILES string of the molecule is COC(=O)[C@](C)(COC(=O)[C@H](CCC(=O)OCc1ccccc1)NC(=O)OCc1ccccc1)NC(=O)OC(C)(C)C. The van der Waals surface area contributed by atoms with Crippen molar-refractivity contribution in [2.45, 2.75) is 70.9 Å². The van der Waals surface area contributed by atoms with Gasteiger partial charge in [-0.15, -0.1) is 0 Å². The summed E-state index contributed by atoms with van der Waals surface area (Å²) in [6, 6.07) is 16.6. The van der Waals surface area contributed by atoms with Crippen molar-refractivity contribution in [3.8, 4) is 0 Å². The van der Waals surface area contributed by atoms with E-state index in [2.05, 4.69) is 10.6 Å². The van der Waals surface area contributed by atoms with Crippen LogP contribution < -0.4 is 10.6 Å². The molecule has 0 radical (unpaired) electrons. The number of hydrogen-bond acceptors (Lipinski definition) is 10. The highest BCUT2D eigenvalue weighted by molar-refractivity contribution is 5.87. The van der Waals surface area contributed by atoms with Gasteiger partial charge < -0.3 is 34.3 Å². The Hall–Kier alpha value is -4.61. The summed E-state index contributed by atoms with van der Waals surface area (Å²) >= 11 is 0. The number of carbonyl (C=O) groups excluding carboxylic acids is 5. The van der Waals surface area contributed by atoms with Gasteiger partial charge in [0.15, 0.2) is 5.54 Å². The van der Waals surface area contributed by atoms with E-state index in [1.807, 2.05) is 12.1 Å². The highest BCUT2D eigenvalue weighted by atomic mass is 16.6. The largest absolute Gasteiger partial charge is 0.467 e. The molecule has 0 aliphatic heterocycles. The van der Waals surface area contributed by atoms with Crippen molar-refractivity contribution < 1.29 is 47.7 Å². The van der Waals surface area contributed by atoms with Crippen LogP contribution in [0.4, 0.5) is 9.59 Å². The van der Waals surface area contributed by atoms with Crippen molar-refractivity contribution in [2.75, 3.05) is 13.7 Å². The molecule has 0 fully saturated rings. The molecule has 0 aliphatic rings. The number of alkyl carbamates (subject to hydrolysis) is 2. The maximum absolute atomic E-state index is 13.1. The minimum atomic E-state index is -1.82. The van der Waals surface area contributed by atoms with E-state index in [1.54, 1.807) is 69.3 Å². The summed E-state index contributed by atoms with van der Waals surface area (Å²) in [5.74, 6) is -2.50. The lowest BCUT2D eigenvalue weighted by atomic mass is 10.0. The van der Waals surface area contributed by atoms with Crippen LogP contribution >= 0.6 is 0 Å². The number of amides is 2. The summed E-state index contributed by atoms with van der Waals surface area (Å²) < 4.78 is 25.7. The molecule has 0 aliphatic carbocycles. The van der Waals surface area contributed by atoms with Crippen LogP contribution in [0.15, 0.2) is 60.7 Å². The number of esters is 3. The Morgan fingerprint density at radius 3 is 1.83 bits per heavy atom. The van der Waals surface area contributed by atoms with Crippen molar-refractivity contribution in [3.05, 3.63) is 71.8 Å². The zero-order valence-electron chi connectivity index (χ0n) is 24.5. The van der Waals surface area contributed by atoms with Crippen LogP contribution in [0.25, 0.3) is 0 Å². The van der Waals surface area contributed by atoms with E-state index < -0.39 is 53.9 Å². The van der Waals surface area contributed by atoms with Gasteiger partial charge >= 0.3 is 30.1 Å². The van der Waals surface area contributed by atoms with E-state index in [9.17, 15) is 24.0 Å². The number of ether oxygens (including phenoxy) is 5. The molecular formula is C30H38N2O10. The first-order chi connectivity index (χ1) is 19.8. The molecule has 12 nitrogen and oxygen atoms in total. The predicted molar refractivity (Wildman–Crippen MR) is 150 cm³/mol. The van der Waals surface area contributed by atoms with Crippen molar-refractivity contribution >= 4 is 30.1 Å². The minimum Gasteiger partial charge on any atom is -0.467 e. The average molecular weight is 587 g/mol. The fourth-order valence-electron chi connectivity index (χ4n) is 3.44. The van der Waals surface area contributed by atoms with Crippen LogP contribution in [0.2, 0.25) is 0 Å². The van der Waals surface area contributed by atoms with Gasteiger partial charge in [0, 0.05) is 6.42 Å². The topological polar surface area (TPSA) is 156 Å². The van der Waals surface area contributed by atoms with Crippen molar-refractivity contribution in [1.82, 2.24) is 10.6 Å². The van der Waals surface area contributed by atoms with Crippen LogP contribution in [0.3, 0.4) is 0 Å². The fourth-order valence-corrected chi connectivity index (χ4v) is 3.44. The summed E-state index contributed by atoms with van der Waals surface area (Å²) in [6.07, 6.45) is -2.30. The Morgan fingerprint density at radius 2 is 1.31 bits per heavy atom. The molecule has 12 heteroatoms. The van der Waals surface area contributed by atoms with Crippen molar-refractivity contribution in [1.29, 1.82) is 0 Å². The average Bonchev–Trinajstić information content (AvgIpc) is 2.95. The molecule has 2 aromatic carbocycles. The van der Waals surface area contributed by atoms with E-state index in [4.69, 9.17) is 23.7 Å². The maximum Gasteiger partial charge on any atom is 0.408 e. The molecule has 228 valence electrons. The van der Waals surface area contributed by atoms with Crippen LogP contribution in [0, 0.1) is 0 Å². The molecule has 2 aromatic rings. The molecule has 0 unspecified atom stereocenters. The fraction of sp³-hybridized carbons (Fsp3) is 0.433. The molecular weight excluding hydrogens is 548 g/mol. The normalized spacial score (nSPS) is 13.0. The summed E-state index contributed by atoms with van der Waals surface area (Å²) in [7, 11) is 1.10. The molecule has 0 aromatic heterocycles. The lowest BCUT2D eigenvalue weighted by molar-refractivity contribution is -0.157. The van der Waals surface area contributed by atoms with Gasteiger partial charge in [0.05, 0.1) is 7.11 Å². The van der Waals surface area contributed by atoms with E-state index in [1.165, 1.54) is 6.92 Å². The molecule has 0 saturated heterocycles. The van der Waals surface area contributed by atoms with Crippen molar-refractivity contribution in [3.63, 3.8) is 0 Å². The van der Waals surface area contributed by atoms with Gasteiger partial charge in [-0.25, -0.2) is 19.2 Å². The number of nitrogens with one attached hydrogen (secondary N) is 2. The molecule has 2 atom stereocenters. The summed E-state index contributed by atoms with van der Waals surface area (Å²) in [5, 5.41) is 4.75. The number of benzene rings is 2. The Balaban J connectivity index is 2.07. The zero-order valence-corrected chi connectivity index (χ0v) is 24.5. The Kier molecular flexibility index (Phi) is 12.8. The third kappa shape index (κ3) is 12.3. The van der Waals surface area contributed by atoms with E-state index >= 15 is 0 Å². The third-order valence-corrected chi connectivity index (χ3v) is 5.58. The number of carbonyl (C=O) groups is 5. The van der Waals surface area contributed by atoms with Crippen LogP contribution in [-0.2, 0) is 51.3 Å². The van der Waals surface area contributed by atoms with Gasteiger partial charge in [-0.05, 0) is 45.2 Å². The van der Waals surface area contributed by atoms with Gasteiger partial charge in [-0.1, -0.05) is 60.7 Å². The van der Waals surface area contributed by atoms with E-state index in [0.29, 0.717) is 0 Å². The first-order valence-corrected chi connectivity index (χ1v) is 13.2. The Morgan fingerprint density at radius 1 is 0.762 bits per heavy atom. The van der Waals surface area contributed by atoms with E-state index in [0.717, 1.165) is 18.2 Å². The van der Waals surface area contributed by atoms with Crippen molar-refractivity contribution in [2.24, 2.45) is 0 Å². The smallest absolute Gasteiger partial charge is 0.408 e. The molecule has 0 heterocycles. The number of hydrogen-bond donors (Lipinski definition) is 2. The van der Waals surface area contributed by atoms with Crippen LogP contribution in [-0.4, -0.2) is 61.0 Å². The Bertz CT molecular complexity index is 1200. The molecule has 2 N–H and O–H groups in total. The minimum absolute atomic E-state index is 0.0369. The standard InChI is InChI=1S/C30H38N2O10/c1-29(2,3)42-28(37)32-30(4,26(35)38-5)20-41-25(34)23(31-27(36)40-19-22-14-10-7-11-15-22)16-17-24(33)39-18-21-12-8-6-9-13-21/h6-15,23H,16-20H2,1-5H3,(H,31,36)(H,32,37)/t23-,30-/m0/s1. The molecule has 0 saturated carbocycles. The van der Waals surface area contributed by atoms with Gasteiger partial charge in [-0.2, -0.15) is 0 Å². The van der Waals surface area contributed by atoms with Gasteiger partial charge in [0.2, 0.25) is 0 Å². The lowest BCUT2D eigenvalue weighted by Crippen LogP contribution is -2.57. The predicted octanol–water partition coefficient (Wildman–Crippen LogP) is 3.80. The Labute approximate surface area is 245 Å². The molecule has 42 heavy (non-hydrogen) atoms. The summed E-state index contributed by atoms with van der Waals surface area (Å²) in [6.45, 7) is 5.52. The third-order valence-electron chi connectivity index (χ3n) is 5.58. The molecule has 2 rings (SSSR count). The number of methoxy groups -OCH3 is 1. The summed E-state index contributed by atoms with van der Waals surface area (Å²) in [5.41, 5.74) is -1.18. The first-order valence-electron chi connectivity index (χ1n) is 13.2. The molecule has 2 amide bonds. The zero-order chi connectivity index (χ0) is 31.2. The number of rotatable bonds is 13. The highest BCUT2D eigenvalue weighted by Crippen LogP contribution is 2.14. The maximum atomic E-state index is 13.1. The monoisotopic (exact) mass is 586 g/mol. The van der Waals surface area contributed by atoms with Crippen LogP contribution in [0.5, 0.6) is 0 Å². The highest BCUT2D eigenvalue weighted by Gasteiger charge is 2.40. The lowest BCUT2D eigenvalue weighted by Gasteiger charge is -2.29. The summed E-state index contributed by atoms with van der Waals surface area (Å²) in [4.78, 5) is 62.8. The van der Waals surface area contributed by atoms with Gasteiger partial charge in [0.25, 0.3) is 0 Å². The quantitative estimate of drug-likeness (QED) is 0.261. The van der Waals surface area contributed by atoms with E-state index in [-0.39, 0.29) is 26.1 Å². The first kappa shape index (κ1) is 33.6.